The van der Waals surface area contributed by atoms with Gasteiger partial charge in [0.1, 0.15) is 0 Å². The van der Waals surface area contributed by atoms with Crippen LogP contribution in [0.2, 0.25) is 0 Å². The highest BCUT2D eigenvalue weighted by molar-refractivity contribution is 7.14. The molecule has 4 rings (SSSR count). The fourth-order valence-electron chi connectivity index (χ4n) is 3.54. The number of nitrogens with zero attached hydrogens (tertiary/aromatic N) is 2. The molecule has 0 saturated carbocycles. The second-order valence-electron chi connectivity index (χ2n) is 6.91. The van der Waals surface area contributed by atoms with Crippen molar-refractivity contribution in [1.29, 1.82) is 0 Å². The molecule has 1 aromatic heterocycles. The molecule has 1 aliphatic carbocycles. The maximum absolute atomic E-state index is 12.6. The topological polar surface area (TPSA) is 67.3 Å². The number of aromatic nitrogens is 1. The summed E-state index contributed by atoms with van der Waals surface area (Å²) in [5.74, 6) is -0.743. The molecule has 0 atom stereocenters. The van der Waals surface area contributed by atoms with Crippen molar-refractivity contribution in [2.24, 2.45) is 0 Å². The van der Waals surface area contributed by atoms with Gasteiger partial charge in [0.25, 0.3) is 0 Å². The molecule has 6 heteroatoms. The number of anilines is 2. The van der Waals surface area contributed by atoms with Gasteiger partial charge in [-0.15, -0.1) is 11.3 Å². The fraction of sp³-hybridized carbons (Fsp3) is 0.130. The molecule has 0 saturated heterocycles. The first kappa shape index (κ1) is 19.0. The van der Waals surface area contributed by atoms with Gasteiger partial charge in [-0.3, -0.25) is 19.3 Å². The number of carbonyl (C=O) groups is 3. The van der Waals surface area contributed by atoms with Crippen LogP contribution in [0, 0.1) is 13.8 Å². The predicted molar refractivity (Wildman–Crippen MR) is 114 cm³/mol. The van der Waals surface area contributed by atoms with Crippen molar-refractivity contribution in [3.8, 4) is 0 Å². The normalized spacial score (nSPS) is 12.9. The lowest BCUT2D eigenvalue weighted by Gasteiger charge is -2.22. The van der Waals surface area contributed by atoms with Crippen LogP contribution >= 0.6 is 11.3 Å². The number of ketones is 2. The number of thiazole rings is 1. The Bertz CT molecular complexity index is 1150. The largest absolute Gasteiger partial charge is 0.288 e. The molecule has 0 bridgehead atoms. The molecule has 1 aliphatic rings. The number of para-hydroxylation sites is 1. The van der Waals surface area contributed by atoms with Crippen LogP contribution in [-0.2, 0) is 4.79 Å². The van der Waals surface area contributed by atoms with E-state index in [-0.39, 0.29) is 23.0 Å². The van der Waals surface area contributed by atoms with Crippen LogP contribution in [0.3, 0.4) is 0 Å². The van der Waals surface area contributed by atoms with E-state index in [0.29, 0.717) is 22.0 Å². The highest BCUT2D eigenvalue weighted by Gasteiger charge is 2.32. The van der Waals surface area contributed by atoms with Gasteiger partial charge in [0.2, 0.25) is 5.91 Å². The first-order chi connectivity index (χ1) is 13.9. The number of allylic oxidation sites excluding steroid dienone is 1. The minimum atomic E-state index is -0.293. The van der Waals surface area contributed by atoms with Crippen molar-refractivity contribution in [3.05, 3.63) is 81.4 Å². The highest BCUT2D eigenvalue weighted by atomic mass is 32.1. The van der Waals surface area contributed by atoms with Gasteiger partial charge in [0, 0.05) is 23.4 Å². The summed E-state index contributed by atoms with van der Waals surface area (Å²) in [6.45, 7) is 5.38. The zero-order valence-electron chi connectivity index (χ0n) is 16.2. The van der Waals surface area contributed by atoms with E-state index >= 15 is 0 Å². The van der Waals surface area contributed by atoms with Crippen molar-refractivity contribution >= 4 is 45.7 Å². The number of aryl methyl sites for hydroxylation is 2. The lowest BCUT2D eigenvalue weighted by atomic mass is 10.1. The van der Waals surface area contributed by atoms with Gasteiger partial charge >= 0.3 is 0 Å². The third kappa shape index (κ3) is 3.21. The van der Waals surface area contributed by atoms with E-state index in [1.54, 1.807) is 34.5 Å². The van der Waals surface area contributed by atoms with Crippen molar-refractivity contribution in [2.75, 3.05) is 4.90 Å². The Labute approximate surface area is 172 Å². The molecular formula is C23H18N2O3S. The lowest BCUT2D eigenvalue weighted by Crippen LogP contribution is -2.24. The lowest BCUT2D eigenvalue weighted by molar-refractivity contribution is -0.115. The Morgan fingerprint density at radius 2 is 1.55 bits per heavy atom. The molecule has 0 aliphatic heterocycles. The van der Waals surface area contributed by atoms with Gasteiger partial charge in [-0.05, 0) is 31.1 Å². The predicted octanol–water partition coefficient (Wildman–Crippen LogP) is 4.91. The monoisotopic (exact) mass is 402 g/mol. The summed E-state index contributed by atoms with van der Waals surface area (Å²) < 4.78 is 0. The molecule has 0 spiro atoms. The standard InChI is InChI=1S/C23H18N2O3S/c1-13-7-6-8-14(2)20(13)25(15(3)26)23-24-16(12-29-23)11-19-21(27)17-9-4-5-10-18(17)22(19)28/h4-12H,1-3H3. The average Bonchev–Trinajstić information content (AvgIpc) is 3.24. The third-order valence-corrected chi connectivity index (χ3v) is 5.72. The summed E-state index contributed by atoms with van der Waals surface area (Å²) in [6.07, 6.45) is 1.51. The summed E-state index contributed by atoms with van der Waals surface area (Å²) in [5.41, 5.74) is 4.14. The average molecular weight is 402 g/mol. The van der Waals surface area contributed by atoms with Gasteiger partial charge in [-0.2, -0.15) is 0 Å². The summed E-state index contributed by atoms with van der Waals surface area (Å²) in [4.78, 5) is 43.7. The van der Waals surface area contributed by atoms with Crippen molar-refractivity contribution < 1.29 is 14.4 Å². The molecule has 0 fully saturated rings. The van der Waals surface area contributed by atoms with E-state index in [9.17, 15) is 14.4 Å². The number of fused-ring (bicyclic) bond motifs is 1. The molecule has 0 N–H and O–H groups in total. The number of rotatable bonds is 3. The Morgan fingerprint density at radius 1 is 0.966 bits per heavy atom. The SMILES string of the molecule is CC(=O)N(c1nc(C=C2C(=O)c3ccccc3C2=O)cs1)c1c(C)cccc1C. The minimum Gasteiger partial charge on any atom is -0.288 e. The Hall–Kier alpha value is -3.38. The molecule has 1 heterocycles. The van der Waals surface area contributed by atoms with Crippen LogP contribution in [0.25, 0.3) is 6.08 Å². The molecular weight excluding hydrogens is 384 g/mol. The molecule has 3 aromatic rings. The second kappa shape index (κ2) is 7.22. The van der Waals surface area contributed by atoms with Gasteiger partial charge < -0.3 is 0 Å². The summed E-state index contributed by atoms with van der Waals surface area (Å²) in [5, 5.41) is 2.24. The molecule has 2 aromatic carbocycles. The number of benzene rings is 2. The van der Waals surface area contributed by atoms with Crippen molar-refractivity contribution in [2.45, 2.75) is 20.8 Å². The molecule has 0 unspecified atom stereocenters. The molecule has 0 radical (unpaired) electrons. The van der Waals surface area contributed by atoms with E-state index in [2.05, 4.69) is 4.98 Å². The zero-order chi connectivity index (χ0) is 20.7. The number of amides is 1. The van der Waals surface area contributed by atoms with Crippen molar-refractivity contribution in [1.82, 2.24) is 4.98 Å². The first-order valence-electron chi connectivity index (χ1n) is 9.11. The Kier molecular flexibility index (Phi) is 4.72. The number of hydrogen-bond acceptors (Lipinski definition) is 5. The van der Waals surface area contributed by atoms with Gasteiger partial charge in [-0.25, -0.2) is 4.98 Å². The fourth-order valence-corrected chi connectivity index (χ4v) is 4.37. The quantitative estimate of drug-likeness (QED) is 0.461. The number of carbonyl (C=O) groups excluding carboxylic acids is 3. The van der Waals surface area contributed by atoms with Crippen molar-refractivity contribution in [3.63, 3.8) is 0 Å². The van der Waals surface area contributed by atoms with E-state index in [0.717, 1.165) is 16.8 Å². The maximum Gasteiger partial charge on any atom is 0.230 e. The summed E-state index contributed by atoms with van der Waals surface area (Å²) in [6, 6.07) is 12.6. The Balaban J connectivity index is 1.73. The van der Waals surface area contributed by atoms with Gasteiger partial charge in [0.15, 0.2) is 16.7 Å². The number of Topliss-reactive ketones (excluding diaryl/α,β-unsaturated/α-hetero) is 2. The number of hydrogen-bond donors (Lipinski definition) is 0. The van der Waals surface area contributed by atoms with Gasteiger partial charge in [-0.1, -0.05) is 42.5 Å². The molecule has 29 heavy (non-hydrogen) atoms. The highest BCUT2D eigenvalue weighted by Crippen LogP contribution is 2.35. The third-order valence-electron chi connectivity index (χ3n) is 4.88. The first-order valence-corrected chi connectivity index (χ1v) is 9.99. The van der Waals surface area contributed by atoms with E-state index in [4.69, 9.17) is 0 Å². The van der Waals surface area contributed by atoms with Crippen LogP contribution in [0.5, 0.6) is 0 Å². The van der Waals surface area contributed by atoms with Crippen LogP contribution < -0.4 is 4.90 Å². The van der Waals surface area contributed by atoms with E-state index < -0.39 is 0 Å². The summed E-state index contributed by atoms with van der Waals surface area (Å²) in [7, 11) is 0. The maximum atomic E-state index is 12.6. The van der Waals surface area contributed by atoms with Crippen LogP contribution in [0.1, 0.15) is 44.5 Å². The van der Waals surface area contributed by atoms with Crippen LogP contribution in [0.15, 0.2) is 53.4 Å². The van der Waals surface area contributed by atoms with E-state index in [1.807, 2.05) is 32.0 Å². The Morgan fingerprint density at radius 3 is 2.10 bits per heavy atom. The van der Waals surface area contributed by atoms with Crippen LogP contribution in [-0.4, -0.2) is 22.5 Å². The second-order valence-corrected chi connectivity index (χ2v) is 7.75. The molecule has 5 nitrogen and oxygen atoms in total. The molecule has 1 amide bonds. The zero-order valence-corrected chi connectivity index (χ0v) is 17.0. The molecule has 144 valence electrons. The van der Waals surface area contributed by atoms with E-state index in [1.165, 1.54) is 24.3 Å². The van der Waals surface area contributed by atoms with Crippen LogP contribution in [0.4, 0.5) is 10.8 Å². The van der Waals surface area contributed by atoms with Gasteiger partial charge in [0.05, 0.1) is 17.0 Å². The minimum absolute atomic E-state index is 0.101. The summed E-state index contributed by atoms with van der Waals surface area (Å²) >= 11 is 1.29. The smallest absolute Gasteiger partial charge is 0.230 e.